The third kappa shape index (κ3) is 3.68. The van der Waals surface area contributed by atoms with Crippen LogP contribution in [0.3, 0.4) is 0 Å². The summed E-state index contributed by atoms with van der Waals surface area (Å²) in [5.41, 5.74) is 0. The van der Waals surface area contributed by atoms with Crippen LogP contribution in [0.1, 0.15) is 6.42 Å². The van der Waals surface area contributed by atoms with Crippen LogP contribution in [0, 0.1) is 5.82 Å². The molecule has 94 valence electrons. The Balaban J connectivity index is 1.75. The minimum atomic E-state index is -0.251. The summed E-state index contributed by atoms with van der Waals surface area (Å²) in [5, 5.41) is 3.37. The Bertz CT molecular complexity index is 359. The number of piperazine rings is 1. The van der Waals surface area contributed by atoms with E-state index in [4.69, 9.17) is 4.74 Å². The van der Waals surface area contributed by atoms with Crippen molar-refractivity contribution in [2.45, 2.75) is 12.5 Å². The summed E-state index contributed by atoms with van der Waals surface area (Å²) in [7, 11) is 2.13. The van der Waals surface area contributed by atoms with Crippen molar-refractivity contribution in [3.63, 3.8) is 0 Å². The Morgan fingerprint density at radius 2 is 2.41 bits per heavy atom. The van der Waals surface area contributed by atoms with E-state index in [2.05, 4.69) is 17.3 Å². The number of nitrogens with zero attached hydrogens (tertiary/aromatic N) is 1. The number of halogens is 1. The van der Waals surface area contributed by atoms with Gasteiger partial charge in [0.05, 0.1) is 6.61 Å². The fourth-order valence-corrected chi connectivity index (χ4v) is 2.05. The highest BCUT2D eigenvalue weighted by molar-refractivity contribution is 5.22. The molecule has 1 saturated heterocycles. The van der Waals surface area contributed by atoms with Crippen LogP contribution >= 0.6 is 0 Å². The van der Waals surface area contributed by atoms with Crippen LogP contribution in [-0.2, 0) is 0 Å². The lowest BCUT2D eigenvalue weighted by Crippen LogP contribution is -2.49. The van der Waals surface area contributed by atoms with E-state index < -0.39 is 0 Å². The largest absolute Gasteiger partial charge is 0.493 e. The second-order valence-corrected chi connectivity index (χ2v) is 4.43. The van der Waals surface area contributed by atoms with Crippen molar-refractivity contribution in [3.05, 3.63) is 30.1 Å². The molecule has 1 N–H and O–H groups in total. The molecule has 1 fully saturated rings. The van der Waals surface area contributed by atoms with Crippen molar-refractivity contribution >= 4 is 0 Å². The summed E-state index contributed by atoms with van der Waals surface area (Å²) in [6.45, 7) is 3.76. The maximum absolute atomic E-state index is 12.9. The number of rotatable bonds is 4. The lowest BCUT2D eigenvalue weighted by molar-refractivity contribution is 0.165. The normalized spacial score (nSPS) is 21.4. The maximum atomic E-state index is 12.9. The van der Waals surface area contributed by atoms with Gasteiger partial charge in [0.25, 0.3) is 0 Å². The third-order valence-electron chi connectivity index (χ3n) is 3.16. The Morgan fingerprint density at radius 1 is 1.53 bits per heavy atom. The lowest BCUT2D eigenvalue weighted by atomic mass is 10.1. The number of nitrogens with one attached hydrogen (secondary N) is 1. The lowest BCUT2D eigenvalue weighted by Gasteiger charge is -2.32. The quantitative estimate of drug-likeness (QED) is 0.860. The van der Waals surface area contributed by atoms with Gasteiger partial charge in [-0.15, -0.1) is 0 Å². The maximum Gasteiger partial charge on any atom is 0.126 e. The SMILES string of the molecule is CN1CCNCC1CCOc1cccc(F)c1. The highest BCUT2D eigenvalue weighted by atomic mass is 19.1. The molecule has 0 saturated carbocycles. The first-order valence-corrected chi connectivity index (χ1v) is 6.05. The third-order valence-corrected chi connectivity index (χ3v) is 3.16. The van der Waals surface area contributed by atoms with Crippen LogP contribution in [-0.4, -0.2) is 44.2 Å². The van der Waals surface area contributed by atoms with Crippen LogP contribution in [0.4, 0.5) is 4.39 Å². The van der Waals surface area contributed by atoms with Gasteiger partial charge in [-0.25, -0.2) is 4.39 Å². The Labute approximate surface area is 102 Å². The van der Waals surface area contributed by atoms with E-state index >= 15 is 0 Å². The number of hydrogen-bond donors (Lipinski definition) is 1. The molecule has 0 aromatic heterocycles. The minimum Gasteiger partial charge on any atom is -0.493 e. The van der Waals surface area contributed by atoms with E-state index in [-0.39, 0.29) is 5.82 Å². The average Bonchev–Trinajstić information content (AvgIpc) is 2.32. The van der Waals surface area contributed by atoms with Gasteiger partial charge >= 0.3 is 0 Å². The zero-order valence-corrected chi connectivity index (χ0v) is 10.2. The molecule has 0 spiro atoms. The second-order valence-electron chi connectivity index (χ2n) is 4.43. The molecule has 0 aliphatic carbocycles. The predicted octanol–water partition coefficient (Wildman–Crippen LogP) is 1.50. The van der Waals surface area contributed by atoms with Gasteiger partial charge in [-0.3, -0.25) is 0 Å². The van der Waals surface area contributed by atoms with Crippen molar-refractivity contribution in [1.29, 1.82) is 0 Å². The fourth-order valence-electron chi connectivity index (χ4n) is 2.05. The summed E-state index contributed by atoms with van der Waals surface area (Å²) in [6.07, 6.45) is 0.958. The van der Waals surface area contributed by atoms with E-state index in [1.807, 2.05) is 0 Å². The number of benzene rings is 1. The minimum absolute atomic E-state index is 0.251. The van der Waals surface area contributed by atoms with Gasteiger partial charge in [0.2, 0.25) is 0 Å². The molecule has 0 amide bonds. The van der Waals surface area contributed by atoms with Crippen molar-refractivity contribution in [3.8, 4) is 5.75 Å². The topological polar surface area (TPSA) is 24.5 Å². The van der Waals surface area contributed by atoms with E-state index in [1.54, 1.807) is 12.1 Å². The molecule has 17 heavy (non-hydrogen) atoms. The summed E-state index contributed by atoms with van der Waals surface area (Å²) in [6, 6.07) is 6.80. The number of likely N-dealkylation sites (N-methyl/N-ethyl adjacent to an activating group) is 1. The van der Waals surface area contributed by atoms with E-state index in [1.165, 1.54) is 12.1 Å². The molecule has 4 heteroatoms. The molecule has 2 rings (SSSR count). The van der Waals surface area contributed by atoms with Crippen molar-refractivity contribution < 1.29 is 9.13 Å². The summed E-state index contributed by atoms with van der Waals surface area (Å²) >= 11 is 0. The predicted molar refractivity (Wildman–Crippen MR) is 65.8 cm³/mol. The first-order valence-electron chi connectivity index (χ1n) is 6.05. The molecule has 0 bridgehead atoms. The molecular weight excluding hydrogens is 219 g/mol. The molecule has 1 aromatic rings. The summed E-state index contributed by atoms with van der Waals surface area (Å²) < 4.78 is 18.5. The van der Waals surface area contributed by atoms with Crippen LogP contribution < -0.4 is 10.1 Å². The fraction of sp³-hybridized carbons (Fsp3) is 0.538. The molecule has 1 unspecified atom stereocenters. The monoisotopic (exact) mass is 238 g/mol. The number of ether oxygens (including phenoxy) is 1. The van der Waals surface area contributed by atoms with Crippen molar-refractivity contribution in [2.24, 2.45) is 0 Å². The van der Waals surface area contributed by atoms with E-state index in [0.29, 0.717) is 18.4 Å². The first-order chi connectivity index (χ1) is 8.25. The van der Waals surface area contributed by atoms with Gasteiger partial charge in [-0.1, -0.05) is 6.07 Å². The zero-order chi connectivity index (χ0) is 12.1. The molecule has 1 heterocycles. The average molecular weight is 238 g/mol. The standard InChI is InChI=1S/C13H19FN2O/c1-16-7-6-15-10-12(16)5-8-17-13-4-2-3-11(14)9-13/h2-4,9,12,15H,5-8,10H2,1H3. The Kier molecular flexibility index (Phi) is 4.34. The highest BCUT2D eigenvalue weighted by Gasteiger charge is 2.17. The smallest absolute Gasteiger partial charge is 0.126 e. The van der Waals surface area contributed by atoms with Gasteiger partial charge < -0.3 is 15.0 Å². The van der Waals surface area contributed by atoms with Crippen LogP contribution in [0.2, 0.25) is 0 Å². The van der Waals surface area contributed by atoms with Gasteiger partial charge in [-0.05, 0) is 25.6 Å². The Morgan fingerprint density at radius 3 is 3.18 bits per heavy atom. The zero-order valence-electron chi connectivity index (χ0n) is 10.2. The Hall–Kier alpha value is -1.13. The molecule has 1 aliphatic heterocycles. The van der Waals surface area contributed by atoms with Crippen LogP contribution in [0.25, 0.3) is 0 Å². The van der Waals surface area contributed by atoms with Crippen molar-refractivity contribution in [2.75, 3.05) is 33.3 Å². The molecule has 1 aliphatic rings. The van der Waals surface area contributed by atoms with Crippen molar-refractivity contribution in [1.82, 2.24) is 10.2 Å². The first kappa shape index (κ1) is 12.3. The summed E-state index contributed by atoms with van der Waals surface area (Å²) in [5.74, 6) is 0.357. The van der Waals surface area contributed by atoms with Gasteiger partial charge in [0.1, 0.15) is 11.6 Å². The molecule has 1 aromatic carbocycles. The molecule has 3 nitrogen and oxygen atoms in total. The molecule has 0 radical (unpaired) electrons. The van der Waals surface area contributed by atoms with Gasteiger partial charge in [0, 0.05) is 31.7 Å². The van der Waals surface area contributed by atoms with Gasteiger partial charge in [-0.2, -0.15) is 0 Å². The number of hydrogen-bond acceptors (Lipinski definition) is 3. The van der Waals surface area contributed by atoms with Crippen LogP contribution in [0.5, 0.6) is 5.75 Å². The van der Waals surface area contributed by atoms with E-state index in [9.17, 15) is 4.39 Å². The van der Waals surface area contributed by atoms with E-state index in [0.717, 1.165) is 26.1 Å². The second kappa shape index (κ2) is 5.98. The highest BCUT2D eigenvalue weighted by Crippen LogP contribution is 2.13. The summed E-state index contributed by atoms with van der Waals surface area (Å²) in [4.78, 5) is 2.34. The van der Waals surface area contributed by atoms with Crippen LogP contribution in [0.15, 0.2) is 24.3 Å². The molecular formula is C13H19FN2O. The molecule has 1 atom stereocenters. The van der Waals surface area contributed by atoms with Gasteiger partial charge in [0.15, 0.2) is 0 Å².